The maximum Gasteiger partial charge on any atom is 0.317 e. The fourth-order valence-electron chi connectivity index (χ4n) is 2.45. The van der Waals surface area contributed by atoms with Gasteiger partial charge < -0.3 is 10.2 Å². The lowest BCUT2D eigenvalue weighted by Crippen LogP contribution is -2.37. The van der Waals surface area contributed by atoms with Crippen molar-refractivity contribution in [3.63, 3.8) is 0 Å². The van der Waals surface area contributed by atoms with Crippen molar-refractivity contribution in [1.82, 2.24) is 10.2 Å². The number of allylic oxidation sites excluding steroid dienone is 1. The Bertz CT molecular complexity index is 479. The highest BCUT2D eigenvalue weighted by molar-refractivity contribution is 7.10. The van der Waals surface area contributed by atoms with Crippen molar-refractivity contribution in [3.05, 3.63) is 33.5 Å². The summed E-state index contributed by atoms with van der Waals surface area (Å²) in [4.78, 5) is 15.0. The van der Waals surface area contributed by atoms with Gasteiger partial charge in [-0.25, -0.2) is 4.79 Å². The number of nitrogens with one attached hydrogen (secondary N) is 1. The summed E-state index contributed by atoms with van der Waals surface area (Å²) >= 11 is 1.71. The number of hydrogen-bond acceptors (Lipinski definition) is 2. The van der Waals surface area contributed by atoms with Gasteiger partial charge in [-0.2, -0.15) is 0 Å². The number of urea groups is 1. The second-order valence-electron chi connectivity index (χ2n) is 5.47. The number of carbonyl (C=O) groups excluding carboxylic acids is 1. The molecule has 1 aliphatic carbocycles. The predicted molar refractivity (Wildman–Crippen MR) is 85.1 cm³/mol. The Morgan fingerprint density at radius 1 is 1.45 bits per heavy atom. The Labute approximate surface area is 125 Å². The first-order valence-electron chi connectivity index (χ1n) is 7.36. The second-order valence-corrected chi connectivity index (χ2v) is 6.47. The highest BCUT2D eigenvalue weighted by Crippen LogP contribution is 2.19. The number of carbonyl (C=O) groups is 1. The molecule has 1 aromatic rings. The minimum Gasteiger partial charge on any atom is -0.338 e. The first kappa shape index (κ1) is 15.1. The van der Waals surface area contributed by atoms with E-state index in [1.54, 1.807) is 16.2 Å². The molecule has 1 heterocycles. The topological polar surface area (TPSA) is 32.3 Å². The van der Waals surface area contributed by atoms with Crippen molar-refractivity contribution in [3.8, 4) is 0 Å². The van der Waals surface area contributed by atoms with E-state index in [0.29, 0.717) is 6.54 Å². The Kier molecular flexibility index (Phi) is 5.65. The van der Waals surface area contributed by atoms with Crippen LogP contribution in [0.4, 0.5) is 4.79 Å². The number of aryl methyl sites for hydroxylation is 1. The molecule has 20 heavy (non-hydrogen) atoms. The lowest BCUT2D eigenvalue weighted by atomic mass is 9.97. The molecule has 0 fully saturated rings. The lowest BCUT2D eigenvalue weighted by molar-refractivity contribution is 0.207. The molecule has 0 radical (unpaired) electrons. The van der Waals surface area contributed by atoms with Gasteiger partial charge >= 0.3 is 6.03 Å². The van der Waals surface area contributed by atoms with E-state index in [1.807, 2.05) is 7.05 Å². The van der Waals surface area contributed by atoms with Gasteiger partial charge in [-0.3, -0.25) is 0 Å². The zero-order valence-corrected chi connectivity index (χ0v) is 13.3. The Morgan fingerprint density at radius 3 is 2.95 bits per heavy atom. The number of thiophene rings is 1. The molecule has 1 aliphatic rings. The number of amides is 2. The summed E-state index contributed by atoms with van der Waals surface area (Å²) in [5.41, 5.74) is 2.77. The summed E-state index contributed by atoms with van der Waals surface area (Å²) in [5, 5.41) is 5.09. The smallest absolute Gasteiger partial charge is 0.317 e. The summed E-state index contributed by atoms with van der Waals surface area (Å²) < 4.78 is 0. The fourth-order valence-corrected chi connectivity index (χ4v) is 3.41. The minimum absolute atomic E-state index is 0.0224. The zero-order valence-electron chi connectivity index (χ0n) is 12.4. The van der Waals surface area contributed by atoms with Crippen LogP contribution in [0.1, 0.15) is 42.5 Å². The second kappa shape index (κ2) is 7.48. The van der Waals surface area contributed by atoms with Crippen LogP contribution in [0.15, 0.2) is 23.1 Å². The first-order chi connectivity index (χ1) is 9.66. The summed E-state index contributed by atoms with van der Waals surface area (Å²) in [6.07, 6.45) is 8.38. The van der Waals surface area contributed by atoms with Crippen molar-refractivity contribution in [2.75, 3.05) is 13.6 Å². The van der Waals surface area contributed by atoms with E-state index in [9.17, 15) is 4.79 Å². The number of nitrogens with zero attached hydrogens (tertiary/aromatic N) is 1. The monoisotopic (exact) mass is 292 g/mol. The molecule has 0 spiro atoms. The van der Waals surface area contributed by atoms with Crippen LogP contribution in [-0.4, -0.2) is 24.5 Å². The van der Waals surface area contributed by atoms with Crippen LogP contribution in [0.5, 0.6) is 0 Å². The Hall–Kier alpha value is -1.29. The molecule has 0 aromatic carbocycles. The third-order valence-corrected chi connectivity index (χ3v) is 4.81. The van der Waals surface area contributed by atoms with E-state index >= 15 is 0 Å². The average Bonchev–Trinajstić information content (AvgIpc) is 2.85. The minimum atomic E-state index is 0.0224. The number of rotatable bonds is 5. The molecular formula is C16H24N2OS. The quantitative estimate of drug-likeness (QED) is 0.815. The third-order valence-electron chi connectivity index (χ3n) is 3.80. The van der Waals surface area contributed by atoms with Crippen LogP contribution < -0.4 is 5.32 Å². The van der Waals surface area contributed by atoms with Gasteiger partial charge in [-0.05, 0) is 56.0 Å². The summed E-state index contributed by atoms with van der Waals surface area (Å²) in [6.45, 7) is 3.53. The van der Waals surface area contributed by atoms with Gasteiger partial charge in [0.05, 0.1) is 6.54 Å². The van der Waals surface area contributed by atoms with Gasteiger partial charge in [0, 0.05) is 18.5 Å². The van der Waals surface area contributed by atoms with Crippen LogP contribution in [0.25, 0.3) is 0 Å². The van der Waals surface area contributed by atoms with E-state index in [1.165, 1.54) is 41.7 Å². The van der Waals surface area contributed by atoms with Crippen LogP contribution in [-0.2, 0) is 6.54 Å². The van der Waals surface area contributed by atoms with Crippen molar-refractivity contribution in [1.29, 1.82) is 0 Å². The largest absolute Gasteiger partial charge is 0.338 e. The van der Waals surface area contributed by atoms with E-state index in [2.05, 4.69) is 29.8 Å². The van der Waals surface area contributed by atoms with Gasteiger partial charge in [0.25, 0.3) is 0 Å². The van der Waals surface area contributed by atoms with E-state index in [0.717, 1.165) is 13.0 Å². The molecule has 2 amide bonds. The van der Waals surface area contributed by atoms with Crippen molar-refractivity contribution in [2.24, 2.45) is 0 Å². The van der Waals surface area contributed by atoms with Gasteiger partial charge in [0.15, 0.2) is 0 Å². The van der Waals surface area contributed by atoms with Crippen LogP contribution >= 0.6 is 11.3 Å². The standard InChI is InChI=1S/C16H24N2OS/c1-13-9-11-20-15(13)12-18(2)16(19)17-10-8-14-6-4-3-5-7-14/h6,9,11H,3-5,7-8,10,12H2,1-2H3,(H,17,19). The third kappa shape index (κ3) is 4.37. The SMILES string of the molecule is Cc1ccsc1CN(C)C(=O)NCCC1=CCCCC1. The maximum absolute atomic E-state index is 12.0. The van der Waals surface area contributed by atoms with Gasteiger partial charge in [0.2, 0.25) is 0 Å². The first-order valence-corrected chi connectivity index (χ1v) is 8.24. The molecule has 2 rings (SSSR count). The van der Waals surface area contributed by atoms with Crippen LogP contribution in [0.3, 0.4) is 0 Å². The Balaban J connectivity index is 1.71. The molecule has 0 bridgehead atoms. The molecule has 3 nitrogen and oxygen atoms in total. The van der Waals surface area contributed by atoms with E-state index in [-0.39, 0.29) is 6.03 Å². The van der Waals surface area contributed by atoms with Gasteiger partial charge in [-0.1, -0.05) is 11.6 Å². The molecule has 0 aliphatic heterocycles. The van der Waals surface area contributed by atoms with Gasteiger partial charge in [0.1, 0.15) is 0 Å². The summed E-state index contributed by atoms with van der Waals surface area (Å²) in [5.74, 6) is 0. The van der Waals surface area contributed by atoms with Crippen LogP contribution in [0.2, 0.25) is 0 Å². The molecular weight excluding hydrogens is 268 g/mol. The van der Waals surface area contributed by atoms with E-state index < -0.39 is 0 Å². The lowest BCUT2D eigenvalue weighted by Gasteiger charge is -2.18. The molecule has 0 atom stereocenters. The zero-order chi connectivity index (χ0) is 14.4. The molecule has 110 valence electrons. The Morgan fingerprint density at radius 2 is 2.30 bits per heavy atom. The summed E-state index contributed by atoms with van der Waals surface area (Å²) in [7, 11) is 1.86. The van der Waals surface area contributed by atoms with Gasteiger partial charge in [-0.15, -0.1) is 11.3 Å². The van der Waals surface area contributed by atoms with Crippen LogP contribution in [0, 0.1) is 6.92 Å². The maximum atomic E-state index is 12.0. The van der Waals surface area contributed by atoms with E-state index in [4.69, 9.17) is 0 Å². The molecule has 0 unspecified atom stereocenters. The molecule has 4 heteroatoms. The van der Waals surface area contributed by atoms with Crippen molar-refractivity contribution in [2.45, 2.75) is 45.6 Å². The van der Waals surface area contributed by atoms with Crippen molar-refractivity contribution < 1.29 is 4.79 Å². The number of hydrogen-bond donors (Lipinski definition) is 1. The molecule has 1 N–H and O–H groups in total. The normalized spacial score (nSPS) is 14.8. The fraction of sp³-hybridized carbons (Fsp3) is 0.562. The predicted octanol–water partition coefficient (Wildman–Crippen LogP) is 4.09. The molecule has 0 saturated carbocycles. The highest BCUT2D eigenvalue weighted by Gasteiger charge is 2.11. The average molecular weight is 292 g/mol. The van der Waals surface area contributed by atoms with Crippen molar-refractivity contribution >= 4 is 17.4 Å². The molecule has 0 saturated heterocycles. The summed E-state index contributed by atoms with van der Waals surface area (Å²) in [6, 6.07) is 2.12. The molecule has 1 aromatic heterocycles. The highest BCUT2D eigenvalue weighted by atomic mass is 32.1.